The Bertz CT molecular complexity index is 1330. The van der Waals surface area contributed by atoms with E-state index in [0.29, 0.717) is 25.1 Å². The third kappa shape index (κ3) is 10.9. The topological polar surface area (TPSA) is 90.8 Å². The smallest absolute Gasteiger partial charge is 0.224 e. The van der Waals surface area contributed by atoms with Crippen LogP contribution in [0.4, 0.5) is 0 Å². The lowest BCUT2D eigenvalue weighted by atomic mass is 10.0. The number of rotatable bonds is 16. The number of aliphatic hydroxyl groups is 1. The summed E-state index contributed by atoms with van der Waals surface area (Å²) in [6, 6.07) is 22.3. The molecule has 2 atom stereocenters. The Morgan fingerprint density at radius 3 is 2.30 bits per heavy atom. The summed E-state index contributed by atoms with van der Waals surface area (Å²) >= 11 is 0. The number of amides is 1. The number of hydrogen-bond acceptors (Lipinski definition) is 5. The lowest BCUT2D eigenvalue weighted by Gasteiger charge is -2.40. The van der Waals surface area contributed by atoms with Gasteiger partial charge in [-0.2, -0.15) is 0 Å². The number of phenols is 1. The minimum Gasteiger partial charge on any atom is -0.508 e. The van der Waals surface area contributed by atoms with E-state index in [4.69, 9.17) is 4.43 Å². The average Bonchev–Trinajstić information content (AvgIpc) is 2.97. The number of aryl methyl sites for hydroxylation is 1. The number of aliphatic hydroxyl groups excluding tert-OH is 1. The van der Waals surface area contributed by atoms with Crippen LogP contribution in [0.5, 0.6) is 5.75 Å². The van der Waals surface area contributed by atoms with Crippen LogP contribution in [0, 0.1) is 0 Å². The van der Waals surface area contributed by atoms with Crippen LogP contribution >= 0.6 is 0 Å². The van der Waals surface area contributed by atoms with E-state index >= 15 is 0 Å². The van der Waals surface area contributed by atoms with Crippen molar-refractivity contribution in [2.45, 2.75) is 110 Å². The van der Waals surface area contributed by atoms with Crippen molar-refractivity contribution < 1.29 is 19.4 Å². The summed E-state index contributed by atoms with van der Waals surface area (Å²) in [5.41, 5.74) is 6.08. The van der Waals surface area contributed by atoms with Gasteiger partial charge in [0, 0.05) is 24.7 Å². The van der Waals surface area contributed by atoms with Gasteiger partial charge in [0.1, 0.15) is 5.75 Å². The Balaban J connectivity index is 1.58. The summed E-state index contributed by atoms with van der Waals surface area (Å²) < 4.78 is 6.84. The Morgan fingerprint density at radius 1 is 0.955 bits per heavy atom. The van der Waals surface area contributed by atoms with Gasteiger partial charge in [-0.3, -0.25) is 4.79 Å². The number of hydrogen-bond donors (Lipinski definition) is 4. The lowest BCUT2D eigenvalue weighted by molar-refractivity contribution is -0.120. The standard InChI is InChI=1S/C37H54N2O4Si/c1-8-9-11-28-14-16-29(17-15-28)24-39-36(42)22-31-13-10-12-30(21-31)20-27(2)38-25-35(43-44(6,7)37(3,4)5)32-18-19-34(41)33(23-32)26-40/h10,12-19,21,23,27,35,38,40-41H,8-9,11,20,22,24-26H2,1-7H3,(H,39,42)/t27-,35+/m1/s1. The van der Waals surface area contributed by atoms with Crippen molar-refractivity contribution in [2.24, 2.45) is 0 Å². The molecule has 0 saturated heterocycles. The highest BCUT2D eigenvalue weighted by Crippen LogP contribution is 2.40. The molecule has 1 amide bonds. The molecule has 0 bridgehead atoms. The second-order valence-electron chi connectivity index (χ2n) is 13.6. The highest BCUT2D eigenvalue weighted by molar-refractivity contribution is 6.74. The molecule has 0 saturated carbocycles. The molecule has 0 spiro atoms. The fraction of sp³-hybridized carbons (Fsp3) is 0.486. The van der Waals surface area contributed by atoms with Crippen LogP contribution in [0.25, 0.3) is 0 Å². The fourth-order valence-electron chi connectivity index (χ4n) is 4.95. The minimum atomic E-state index is -2.10. The van der Waals surface area contributed by atoms with Gasteiger partial charge in [-0.25, -0.2) is 0 Å². The van der Waals surface area contributed by atoms with E-state index in [1.54, 1.807) is 6.07 Å². The summed E-state index contributed by atoms with van der Waals surface area (Å²) in [5.74, 6) is 0.110. The maximum absolute atomic E-state index is 12.7. The molecule has 0 radical (unpaired) electrons. The molecule has 0 aliphatic rings. The van der Waals surface area contributed by atoms with E-state index in [1.165, 1.54) is 24.0 Å². The van der Waals surface area contributed by atoms with Crippen LogP contribution < -0.4 is 10.6 Å². The Hall–Kier alpha value is -2.97. The van der Waals surface area contributed by atoms with Gasteiger partial charge in [-0.1, -0.05) is 88.7 Å². The van der Waals surface area contributed by atoms with E-state index in [0.717, 1.165) is 29.5 Å². The number of carbonyl (C=O) groups is 1. The molecule has 4 N–H and O–H groups in total. The molecule has 0 aliphatic carbocycles. The Labute approximate surface area is 266 Å². The number of carbonyl (C=O) groups excluding carboxylic acids is 1. The van der Waals surface area contributed by atoms with E-state index in [2.05, 4.69) is 94.7 Å². The van der Waals surface area contributed by atoms with Crippen molar-refractivity contribution in [1.29, 1.82) is 0 Å². The molecule has 3 aromatic rings. The maximum Gasteiger partial charge on any atom is 0.224 e. The SMILES string of the molecule is CCCCc1ccc(CNC(=O)Cc2cccc(C[C@@H](C)NC[C@H](O[Si](C)(C)C(C)(C)C)c3ccc(O)c(CO)c3)c2)cc1. The summed E-state index contributed by atoms with van der Waals surface area (Å²) in [5, 5.41) is 26.6. The first kappa shape index (κ1) is 35.5. The highest BCUT2D eigenvalue weighted by Gasteiger charge is 2.39. The van der Waals surface area contributed by atoms with Gasteiger partial charge in [0.2, 0.25) is 5.91 Å². The van der Waals surface area contributed by atoms with E-state index < -0.39 is 8.32 Å². The fourth-order valence-corrected chi connectivity index (χ4v) is 6.23. The molecule has 0 aliphatic heterocycles. The van der Waals surface area contributed by atoms with Gasteiger partial charge >= 0.3 is 0 Å². The van der Waals surface area contributed by atoms with Crippen LogP contribution in [-0.2, 0) is 41.6 Å². The molecule has 3 rings (SSSR count). The molecular formula is C37H54N2O4Si. The monoisotopic (exact) mass is 618 g/mol. The van der Waals surface area contributed by atoms with E-state index in [9.17, 15) is 15.0 Å². The molecule has 44 heavy (non-hydrogen) atoms. The molecule has 6 nitrogen and oxygen atoms in total. The van der Waals surface area contributed by atoms with Crippen molar-refractivity contribution in [3.05, 3.63) is 100 Å². The molecular weight excluding hydrogens is 565 g/mol. The first-order valence-corrected chi connectivity index (χ1v) is 19.0. The molecule has 7 heteroatoms. The van der Waals surface area contributed by atoms with Gasteiger partial charge in [-0.15, -0.1) is 0 Å². The van der Waals surface area contributed by atoms with Gasteiger partial charge in [-0.05, 0) is 84.3 Å². The lowest BCUT2D eigenvalue weighted by Crippen LogP contribution is -2.44. The van der Waals surface area contributed by atoms with Crippen molar-refractivity contribution in [3.8, 4) is 5.75 Å². The Kier molecular flexibility index (Phi) is 13.2. The molecule has 0 fully saturated rings. The zero-order valence-electron chi connectivity index (χ0n) is 27.9. The molecule has 240 valence electrons. The van der Waals surface area contributed by atoms with Gasteiger partial charge in [0.15, 0.2) is 8.32 Å². The van der Waals surface area contributed by atoms with Gasteiger partial charge in [0.05, 0.1) is 19.1 Å². The van der Waals surface area contributed by atoms with E-state index in [-0.39, 0.29) is 35.4 Å². The summed E-state index contributed by atoms with van der Waals surface area (Å²) in [7, 11) is -2.10. The van der Waals surface area contributed by atoms with Gasteiger partial charge < -0.3 is 25.3 Å². The predicted octanol–water partition coefficient (Wildman–Crippen LogP) is 7.37. The van der Waals surface area contributed by atoms with Crippen LogP contribution in [0.3, 0.4) is 0 Å². The molecule has 0 aromatic heterocycles. The van der Waals surface area contributed by atoms with Crippen LogP contribution in [-0.4, -0.2) is 37.0 Å². The minimum absolute atomic E-state index is 0.0187. The zero-order chi connectivity index (χ0) is 32.3. The number of unbranched alkanes of at least 4 members (excludes halogenated alkanes) is 1. The largest absolute Gasteiger partial charge is 0.508 e. The highest BCUT2D eigenvalue weighted by atomic mass is 28.4. The van der Waals surface area contributed by atoms with Crippen LogP contribution in [0.2, 0.25) is 18.1 Å². The zero-order valence-corrected chi connectivity index (χ0v) is 28.9. The normalized spacial score (nSPS) is 13.5. The number of aromatic hydroxyl groups is 1. The van der Waals surface area contributed by atoms with Crippen molar-refractivity contribution in [2.75, 3.05) is 6.54 Å². The average molecular weight is 619 g/mol. The van der Waals surface area contributed by atoms with Crippen molar-refractivity contribution >= 4 is 14.2 Å². The van der Waals surface area contributed by atoms with Gasteiger partial charge in [0.25, 0.3) is 0 Å². The maximum atomic E-state index is 12.7. The summed E-state index contributed by atoms with van der Waals surface area (Å²) in [4.78, 5) is 12.7. The second kappa shape index (κ2) is 16.4. The second-order valence-corrected chi connectivity index (χ2v) is 18.4. The Morgan fingerprint density at radius 2 is 1.64 bits per heavy atom. The molecule has 0 unspecified atom stereocenters. The number of benzene rings is 3. The first-order valence-electron chi connectivity index (χ1n) is 16.1. The van der Waals surface area contributed by atoms with Crippen LogP contribution in [0.1, 0.15) is 86.9 Å². The summed E-state index contributed by atoms with van der Waals surface area (Å²) in [6.45, 7) is 16.4. The first-order chi connectivity index (χ1) is 20.8. The molecule has 0 heterocycles. The van der Waals surface area contributed by atoms with Crippen LogP contribution in [0.15, 0.2) is 66.7 Å². The number of nitrogens with one attached hydrogen (secondary N) is 2. The van der Waals surface area contributed by atoms with Crippen molar-refractivity contribution in [3.63, 3.8) is 0 Å². The van der Waals surface area contributed by atoms with E-state index in [1.807, 2.05) is 24.3 Å². The summed E-state index contributed by atoms with van der Waals surface area (Å²) in [6.07, 6.45) is 4.43. The third-order valence-corrected chi connectivity index (χ3v) is 13.3. The quantitative estimate of drug-likeness (QED) is 0.126. The third-order valence-electron chi connectivity index (χ3n) is 8.77. The predicted molar refractivity (Wildman–Crippen MR) is 183 cm³/mol. The van der Waals surface area contributed by atoms with Crippen molar-refractivity contribution in [1.82, 2.24) is 10.6 Å². The molecule has 3 aromatic carbocycles.